The number of fused-ring (bicyclic) bond motifs is 1. The number of aryl methyl sites for hydroxylation is 2. The molecule has 2 aromatic rings. The minimum atomic E-state index is -0.499. The summed E-state index contributed by atoms with van der Waals surface area (Å²) in [4.78, 5) is 12.0. The monoisotopic (exact) mass is 288 g/mol. The van der Waals surface area contributed by atoms with Crippen LogP contribution in [0, 0.1) is 6.92 Å². The number of ether oxygens (including phenoxy) is 1. The van der Waals surface area contributed by atoms with Crippen molar-refractivity contribution < 1.29 is 9.53 Å². The van der Waals surface area contributed by atoms with Gasteiger partial charge in [-0.1, -0.05) is 13.0 Å². The second kappa shape index (κ2) is 5.80. The van der Waals surface area contributed by atoms with Crippen LogP contribution in [0.3, 0.4) is 0 Å². The summed E-state index contributed by atoms with van der Waals surface area (Å²) in [6, 6.07) is 5.95. The standard InChI is InChI=1S/C17H24N2O2/c1-6-10-19-11-12(2)15-13(8-7-9-14(15)19)18-16(20)21-17(3,4)5/h7-9,11H,6,10H2,1-5H3,(H,18,20). The van der Waals surface area contributed by atoms with Gasteiger partial charge < -0.3 is 9.30 Å². The second-order valence-electron chi connectivity index (χ2n) is 6.33. The van der Waals surface area contributed by atoms with Crippen LogP contribution in [0.4, 0.5) is 10.5 Å². The van der Waals surface area contributed by atoms with Gasteiger partial charge in [-0.05, 0) is 51.8 Å². The number of carbonyl (C=O) groups is 1. The van der Waals surface area contributed by atoms with Gasteiger partial charge in [0.1, 0.15) is 5.60 Å². The molecule has 0 radical (unpaired) electrons. The lowest BCUT2D eigenvalue weighted by atomic mass is 10.1. The molecular formula is C17H24N2O2. The van der Waals surface area contributed by atoms with Gasteiger partial charge >= 0.3 is 6.09 Å². The number of nitrogens with zero attached hydrogens (tertiary/aromatic N) is 1. The fraction of sp³-hybridized carbons (Fsp3) is 0.471. The average molecular weight is 288 g/mol. The molecule has 21 heavy (non-hydrogen) atoms. The fourth-order valence-corrected chi connectivity index (χ4v) is 2.51. The van der Waals surface area contributed by atoms with Gasteiger partial charge in [-0.2, -0.15) is 0 Å². The third-order valence-corrected chi connectivity index (χ3v) is 3.20. The molecular weight excluding hydrogens is 264 g/mol. The van der Waals surface area contributed by atoms with Gasteiger partial charge in [0.15, 0.2) is 0 Å². The third kappa shape index (κ3) is 3.57. The molecule has 0 aliphatic carbocycles. The topological polar surface area (TPSA) is 43.3 Å². The number of nitrogens with one attached hydrogen (secondary N) is 1. The van der Waals surface area contributed by atoms with Crippen molar-refractivity contribution in [1.29, 1.82) is 0 Å². The number of hydrogen-bond acceptors (Lipinski definition) is 2. The molecule has 1 aromatic heterocycles. The Bertz CT molecular complexity index is 651. The van der Waals surface area contributed by atoms with Gasteiger partial charge in [0, 0.05) is 18.1 Å². The molecule has 0 bridgehead atoms. The molecule has 1 N–H and O–H groups in total. The van der Waals surface area contributed by atoms with Crippen molar-refractivity contribution in [3.63, 3.8) is 0 Å². The molecule has 4 heteroatoms. The van der Waals surface area contributed by atoms with Crippen molar-refractivity contribution in [3.05, 3.63) is 30.0 Å². The van der Waals surface area contributed by atoms with Crippen molar-refractivity contribution in [2.24, 2.45) is 0 Å². The first-order valence-corrected chi connectivity index (χ1v) is 7.40. The summed E-state index contributed by atoms with van der Waals surface area (Å²) in [7, 11) is 0. The van der Waals surface area contributed by atoms with Crippen LogP contribution in [-0.4, -0.2) is 16.3 Å². The Morgan fingerprint density at radius 2 is 2.05 bits per heavy atom. The highest BCUT2D eigenvalue weighted by molar-refractivity contribution is 6.01. The van der Waals surface area contributed by atoms with E-state index >= 15 is 0 Å². The molecule has 0 atom stereocenters. The van der Waals surface area contributed by atoms with Crippen molar-refractivity contribution in [2.75, 3.05) is 5.32 Å². The zero-order valence-corrected chi connectivity index (χ0v) is 13.5. The third-order valence-electron chi connectivity index (χ3n) is 3.20. The normalized spacial score (nSPS) is 11.7. The van der Waals surface area contributed by atoms with Gasteiger partial charge in [0.05, 0.1) is 11.2 Å². The molecule has 1 amide bonds. The van der Waals surface area contributed by atoms with E-state index < -0.39 is 11.7 Å². The summed E-state index contributed by atoms with van der Waals surface area (Å²) in [5.41, 5.74) is 2.60. The lowest BCUT2D eigenvalue weighted by molar-refractivity contribution is 0.0636. The first-order valence-electron chi connectivity index (χ1n) is 7.40. The number of rotatable bonds is 3. The first-order chi connectivity index (χ1) is 9.81. The summed E-state index contributed by atoms with van der Waals surface area (Å²) in [6.45, 7) is 10.8. The maximum absolute atomic E-state index is 12.0. The van der Waals surface area contributed by atoms with Crippen molar-refractivity contribution in [3.8, 4) is 0 Å². The Hall–Kier alpha value is -1.97. The summed E-state index contributed by atoms with van der Waals surface area (Å²) in [5.74, 6) is 0. The Morgan fingerprint density at radius 1 is 1.33 bits per heavy atom. The van der Waals surface area contributed by atoms with E-state index in [2.05, 4.69) is 36.0 Å². The SMILES string of the molecule is CCCn1cc(C)c2c(NC(=O)OC(C)(C)C)cccc21. The molecule has 0 aliphatic rings. The van der Waals surface area contributed by atoms with E-state index in [1.54, 1.807) is 0 Å². The molecule has 1 heterocycles. The Kier molecular flexibility index (Phi) is 4.26. The number of carbonyl (C=O) groups excluding carboxylic acids is 1. The minimum Gasteiger partial charge on any atom is -0.444 e. The van der Waals surface area contributed by atoms with Crippen LogP contribution >= 0.6 is 0 Å². The van der Waals surface area contributed by atoms with Gasteiger partial charge in [-0.3, -0.25) is 5.32 Å². The number of amides is 1. The fourth-order valence-electron chi connectivity index (χ4n) is 2.51. The average Bonchev–Trinajstić information content (AvgIpc) is 2.65. The van der Waals surface area contributed by atoms with Crippen molar-refractivity contribution in [2.45, 2.75) is 53.2 Å². The van der Waals surface area contributed by atoms with Crippen LogP contribution in [0.25, 0.3) is 10.9 Å². The Balaban J connectivity index is 2.34. The first kappa shape index (κ1) is 15.4. The Morgan fingerprint density at radius 3 is 2.67 bits per heavy atom. The predicted molar refractivity (Wildman–Crippen MR) is 86.8 cm³/mol. The zero-order chi connectivity index (χ0) is 15.6. The quantitative estimate of drug-likeness (QED) is 0.889. The summed E-state index contributed by atoms with van der Waals surface area (Å²) in [5, 5.41) is 3.94. The van der Waals surface area contributed by atoms with Gasteiger partial charge in [-0.25, -0.2) is 4.79 Å². The molecule has 2 rings (SSSR count). The lowest BCUT2D eigenvalue weighted by Crippen LogP contribution is -2.27. The van der Waals surface area contributed by atoms with Crippen LogP contribution in [0.15, 0.2) is 24.4 Å². The van der Waals surface area contributed by atoms with Crippen LogP contribution in [-0.2, 0) is 11.3 Å². The largest absolute Gasteiger partial charge is 0.444 e. The molecule has 0 fully saturated rings. The molecule has 4 nitrogen and oxygen atoms in total. The number of aromatic nitrogens is 1. The van der Waals surface area contributed by atoms with Crippen molar-refractivity contribution in [1.82, 2.24) is 4.57 Å². The second-order valence-corrected chi connectivity index (χ2v) is 6.33. The molecule has 0 saturated carbocycles. The summed E-state index contributed by atoms with van der Waals surface area (Å²) in [6.07, 6.45) is 2.79. The summed E-state index contributed by atoms with van der Waals surface area (Å²) >= 11 is 0. The Labute approximate surface area is 126 Å². The minimum absolute atomic E-state index is 0.419. The van der Waals surface area contributed by atoms with E-state index in [0.717, 1.165) is 35.1 Å². The van der Waals surface area contributed by atoms with E-state index in [-0.39, 0.29) is 0 Å². The molecule has 0 aliphatic heterocycles. The maximum atomic E-state index is 12.0. The van der Waals surface area contributed by atoms with Gasteiger partial charge in [0.2, 0.25) is 0 Å². The van der Waals surface area contributed by atoms with Crippen molar-refractivity contribution >= 4 is 22.7 Å². The van der Waals surface area contributed by atoms with E-state index in [1.165, 1.54) is 0 Å². The lowest BCUT2D eigenvalue weighted by Gasteiger charge is -2.20. The highest BCUT2D eigenvalue weighted by Gasteiger charge is 2.18. The number of anilines is 1. The van der Waals surface area contributed by atoms with E-state index in [0.29, 0.717) is 0 Å². The zero-order valence-electron chi connectivity index (χ0n) is 13.5. The molecule has 0 spiro atoms. The van der Waals surface area contributed by atoms with Crippen LogP contribution < -0.4 is 5.32 Å². The van der Waals surface area contributed by atoms with Gasteiger partial charge in [0.25, 0.3) is 0 Å². The van der Waals surface area contributed by atoms with E-state index in [1.807, 2.05) is 32.9 Å². The predicted octanol–water partition coefficient (Wildman–Crippen LogP) is 4.71. The molecule has 0 unspecified atom stereocenters. The highest BCUT2D eigenvalue weighted by Crippen LogP contribution is 2.29. The number of benzene rings is 1. The van der Waals surface area contributed by atoms with Crippen LogP contribution in [0.2, 0.25) is 0 Å². The van der Waals surface area contributed by atoms with Gasteiger partial charge in [-0.15, -0.1) is 0 Å². The highest BCUT2D eigenvalue weighted by atomic mass is 16.6. The number of hydrogen-bond donors (Lipinski definition) is 1. The molecule has 0 saturated heterocycles. The smallest absolute Gasteiger partial charge is 0.412 e. The van der Waals surface area contributed by atoms with E-state index in [9.17, 15) is 4.79 Å². The molecule has 1 aromatic carbocycles. The maximum Gasteiger partial charge on any atom is 0.412 e. The van der Waals surface area contributed by atoms with E-state index in [4.69, 9.17) is 4.74 Å². The van der Waals surface area contributed by atoms with Crippen LogP contribution in [0.1, 0.15) is 39.7 Å². The van der Waals surface area contributed by atoms with Crippen LogP contribution in [0.5, 0.6) is 0 Å². The molecule has 114 valence electrons. The summed E-state index contributed by atoms with van der Waals surface area (Å²) < 4.78 is 7.56.